The van der Waals surface area contributed by atoms with Crippen LogP contribution in [0.4, 0.5) is 13.2 Å². The lowest BCUT2D eigenvalue weighted by atomic mass is 9.82. The highest BCUT2D eigenvalue weighted by atomic mass is 19.4. The minimum Gasteiger partial charge on any atom is -0.370 e. The van der Waals surface area contributed by atoms with Crippen LogP contribution >= 0.6 is 0 Å². The summed E-state index contributed by atoms with van der Waals surface area (Å²) < 4.78 is 43.4. The second kappa shape index (κ2) is 4.45. The van der Waals surface area contributed by atoms with Gasteiger partial charge in [0.1, 0.15) is 5.60 Å². The van der Waals surface area contributed by atoms with Crippen LogP contribution in [0.2, 0.25) is 0 Å². The van der Waals surface area contributed by atoms with Crippen LogP contribution in [0, 0.1) is 0 Å². The molecule has 1 aromatic carbocycles. The second-order valence-electron chi connectivity index (χ2n) is 5.20. The monoisotopic (exact) mass is 282 g/mol. The number of rotatable bonds is 1. The number of allylic oxidation sites excluding steroid dienone is 1. The molecule has 1 spiro atoms. The van der Waals surface area contributed by atoms with E-state index in [9.17, 15) is 18.0 Å². The van der Waals surface area contributed by atoms with Crippen LogP contribution in [0.5, 0.6) is 0 Å². The number of hydrogen-bond donors (Lipinski definition) is 0. The first kappa shape index (κ1) is 13.4. The van der Waals surface area contributed by atoms with Crippen LogP contribution in [-0.4, -0.2) is 18.0 Å². The van der Waals surface area contributed by atoms with Gasteiger partial charge in [0.25, 0.3) is 0 Å². The average molecular weight is 282 g/mol. The highest BCUT2D eigenvalue weighted by molar-refractivity contribution is 6.00. The molecule has 5 heteroatoms. The van der Waals surface area contributed by atoms with Crippen molar-refractivity contribution in [1.82, 2.24) is 0 Å². The average Bonchev–Trinajstić information content (AvgIpc) is 2.98. The van der Waals surface area contributed by atoms with Gasteiger partial charge in [-0.05, 0) is 42.7 Å². The Hall–Kier alpha value is -1.62. The molecule has 2 atom stereocenters. The van der Waals surface area contributed by atoms with Crippen molar-refractivity contribution in [2.24, 2.45) is 0 Å². The second-order valence-corrected chi connectivity index (χ2v) is 5.20. The summed E-state index contributed by atoms with van der Waals surface area (Å²) in [4.78, 5) is 12.0. The molecule has 0 aromatic heterocycles. The molecule has 1 aliphatic carbocycles. The maximum Gasteiger partial charge on any atom is 0.416 e. The van der Waals surface area contributed by atoms with Crippen molar-refractivity contribution in [3.8, 4) is 0 Å². The van der Waals surface area contributed by atoms with Gasteiger partial charge in [0, 0.05) is 6.61 Å². The van der Waals surface area contributed by atoms with Crippen LogP contribution < -0.4 is 0 Å². The fourth-order valence-electron chi connectivity index (χ4n) is 3.01. The minimum atomic E-state index is -4.36. The van der Waals surface area contributed by atoms with Crippen molar-refractivity contribution in [3.63, 3.8) is 0 Å². The summed E-state index contributed by atoms with van der Waals surface area (Å²) in [5.41, 5.74) is -0.785. The van der Waals surface area contributed by atoms with Gasteiger partial charge in [0.15, 0.2) is 5.78 Å². The Bertz CT molecular complexity index is 551. The number of benzene rings is 1. The third-order valence-electron chi connectivity index (χ3n) is 3.96. The molecule has 0 amide bonds. The molecule has 2 nitrogen and oxygen atoms in total. The lowest BCUT2D eigenvalue weighted by molar-refractivity contribution is -0.137. The van der Waals surface area contributed by atoms with E-state index in [1.807, 2.05) is 0 Å². The molecule has 0 bridgehead atoms. The van der Waals surface area contributed by atoms with E-state index in [4.69, 9.17) is 4.74 Å². The van der Waals surface area contributed by atoms with Gasteiger partial charge in [-0.3, -0.25) is 4.79 Å². The van der Waals surface area contributed by atoms with E-state index in [1.54, 1.807) is 6.08 Å². The van der Waals surface area contributed by atoms with Crippen molar-refractivity contribution in [3.05, 3.63) is 47.5 Å². The quantitative estimate of drug-likeness (QED) is 0.788. The molecule has 20 heavy (non-hydrogen) atoms. The maximum absolute atomic E-state index is 12.6. The van der Waals surface area contributed by atoms with Crippen LogP contribution in [0.1, 0.15) is 29.9 Å². The van der Waals surface area contributed by atoms with Gasteiger partial charge >= 0.3 is 6.18 Å². The number of ether oxygens (including phenoxy) is 1. The van der Waals surface area contributed by atoms with E-state index in [1.165, 1.54) is 18.2 Å². The summed E-state index contributed by atoms with van der Waals surface area (Å²) in [6, 6.07) is 4.79. The molecular weight excluding hydrogens is 269 g/mol. The van der Waals surface area contributed by atoms with Gasteiger partial charge in [0.2, 0.25) is 0 Å². The Balaban J connectivity index is 1.94. The molecule has 0 saturated carbocycles. The largest absolute Gasteiger partial charge is 0.416 e. The molecule has 3 rings (SSSR count). The van der Waals surface area contributed by atoms with Crippen LogP contribution in [0.3, 0.4) is 0 Å². The SMILES string of the molecule is O=C1C=CC2(CCCO2)C1c1ccc(C(F)(F)F)cc1. The standard InChI is InChI=1S/C15H13F3O2/c16-15(17,18)11-4-2-10(3-5-11)13-12(19)6-8-14(13)7-1-9-20-14/h2-6,8,13H,1,7,9H2. The first-order valence-electron chi connectivity index (χ1n) is 6.47. The molecule has 0 radical (unpaired) electrons. The van der Waals surface area contributed by atoms with E-state index >= 15 is 0 Å². The number of hydrogen-bond acceptors (Lipinski definition) is 2. The molecule has 1 heterocycles. The van der Waals surface area contributed by atoms with Crippen molar-refractivity contribution < 1.29 is 22.7 Å². The number of carbonyl (C=O) groups excluding carboxylic acids is 1. The number of carbonyl (C=O) groups is 1. The molecule has 1 aromatic rings. The van der Waals surface area contributed by atoms with E-state index in [0.717, 1.165) is 25.0 Å². The van der Waals surface area contributed by atoms with Crippen LogP contribution in [0.15, 0.2) is 36.4 Å². The highest BCUT2D eigenvalue weighted by Crippen LogP contribution is 2.45. The normalized spacial score (nSPS) is 29.6. The lowest BCUT2D eigenvalue weighted by Crippen LogP contribution is -2.33. The smallest absolute Gasteiger partial charge is 0.370 e. The fraction of sp³-hybridized carbons (Fsp3) is 0.400. The predicted octanol–water partition coefficient (Wildman–Crippen LogP) is 3.48. The van der Waals surface area contributed by atoms with Crippen molar-refractivity contribution >= 4 is 5.78 Å². The Morgan fingerprint density at radius 3 is 2.45 bits per heavy atom. The molecular formula is C15H13F3O2. The zero-order valence-electron chi connectivity index (χ0n) is 10.6. The number of halogens is 3. The molecule has 2 unspecified atom stereocenters. The Morgan fingerprint density at radius 1 is 1.20 bits per heavy atom. The van der Waals surface area contributed by atoms with Crippen molar-refractivity contribution in [2.45, 2.75) is 30.5 Å². The molecule has 1 saturated heterocycles. The zero-order chi connectivity index (χ0) is 14.4. The van der Waals surface area contributed by atoms with E-state index in [0.29, 0.717) is 12.2 Å². The summed E-state index contributed by atoms with van der Waals surface area (Å²) in [7, 11) is 0. The van der Waals surface area contributed by atoms with Gasteiger partial charge in [-0.2, -0.15) is 13.2 Å². The van der Waals surface area contributed by atoms with Crippen molar-refractivity contribution in [2.75, 3.05) is 6.61 Å². The van der Waals surface area contributed by atoms with Gasteiger partial charge in [-0.25, -0.2) is 0 Å². The number of ketones is 1. The molecule has 1 aliphatic heterocycles. The highest BCUT2D eigenvalue weighted by Gasteiger charge is 2.48. The molecule has 0 N–H and O–H groups in total. The lowest BCUT2D eigenvalue weighted by Gasteiger charge is -2.28. The number of alkyl halides is 3. The van der Waals surface area contributed by atoms with Gasteiger partial charge in [0.05, 0.1) is 11.5 Å². The third kappa shape index (κ3) is 2.06. The molecule has 106 valence electrons. The minimum absolute atomic E-state index is 0.105. The summed E-state index contributed by atoms with van der Waals surface area (Å²) in [5, 5.41) is 0. The van der Waals surface area contributed by atoms with E-state index in [-0.39, 0.29) is 5.78 Å². The van der Waals surface area contributed by atoms with Crippen LogP contribution in [0.25, 0.3) is 0 Å². The van der Waals surface area contributed by atoms with Gasteiger partial charge in [-0.15, -0.1) is 0 Å². The Kier molecular flexibility index (Phi) is 2.97. The first-order valence-corrected chi connectivity index (χ1v) is 6.47. The Morgan fingerprint density at radius 2 is 1.90 bits per heavy atom. The van der Waals surface area contributed by atoms with E-state index < -0.39 is 23.3 Å². The zero-order valence-corrected chi connectivity index (χ0v) is 10.6. The Labute approximate surface area is 114 Å². The fourth-order valence-corrected chi connectivity index (χ4v) is 3.01. The first-order chi connectivity index (χ1) is 9.42. The molecule has 1 fully saturated rings. The molecule has 2 aliphatic rings. The predicted molar refractivity (Wildman–Crippen MR) is 66.2 cm³/mol. The van der Waals surface area contributed by atoms with Gasteiger partial charge in [-0.1, -0.05) is 12.1 Å². The summed E-state index contributed by atoms with van der Waals surface area (Å²) in [6.07, 6.45) is 0.450. The van der Waals surface area contributed by atoms with Gasteiger partial charge < -0.3 is 4.74 Å². The summed E-state index contributed by atoms with van der Waals surface area (Å²) in [5.74, 6) is -0.626. The topological polar surface area (TPSA) is 26.3 Å². The maximum atomic E-state index is 12.6. The third-order valence-corrected chi connectivity index (χ3v) is 3.96. The van der Waals surface area contributed by atoms with Crippen molar-refractivity contribution in [1.29, 1.82) is 0 Å². The van der Waals surface area contributed by atoms with Crippen LogP contribution in [-0.2, 0) is 15.7 Å². The summed E-state index contributed by atoms with van der Waals surface area (Å²) >= 11 is 0. The summed E-state index contributed by atoms with van der Waals surface area (Å²) in [6.45, 7) is 0.578. The van der Waals surface area contributed by atoms with E-state index in [2.05, 4.69) is 0 Å².